The van der Waals surface area contributed by atoms with E-state index in [-0.39, 0.29) is 18.0 Å². The van der Waals surface area contributed by atoms with E-state index in [4.69, 9.17) is 0 Å². The summed E-state index contributed by atoms with van der Waals surface area (Å²) in [5, 5.41) is 14.4. The molecule has 0 aliphatic carbocycles. The maximum atomic E-state index is 12.5. The van der Waals surface area contributed by atoms with E-state index >= 15 is 0 Å². The number of benzene rings is 1. The molecule has 0 fully saturated rings. The number of nitrogens with one attached hydrogen (secondary N) is 2. The molecule has 3 aromatic rings. The van der Waals surface area contributed by atoms with Crippen molar-refractivity contribution in [3.05, 3.63) is 53.1 Å². The highest BCUT2D eigenvalue weighted by molar-refractivity contribution is 5.85. The first kappa shape index (κ1) is 18.6. The molecule has 9 heteroatoms. The second kappa shape index (κ2) is 8.41. The van der Waals surface area contributed by atoms with Gasteiger partial charge in [-0.2, -0.15) is 14.9 Å². The molecule has 2 heterocycles. The standard InChI is InChI=1S/C16H19N7O.ClH/c1-22(2)9-8-17-13-10-14(24)23(12-6-4-3-5-7-12)21-15(13)16-18-11-19-20-16;/h3-7,10-11,17H,8-9H2,1-2H3,(H,18,19,20);1H. The van der Waals surface area contributed by atoms with Crippen LogP contribution in [0.5, 0.6) is 0 Å². The molecule has 132 valence electrons. The van der Waals surface area contributed by atoms with E-state index in [1.807, 2.05) is 44.4 Å². The average molecular weight is 362 g/mol. The fourth-order valence-electron chi connectivity index (χ4n) is 2.25. The molecule has 0 atom stereocenters. The Labute approximate surface area is 151 Å². The summed E-state index contributed by atoms with van der Waals surface area (Å²) >= 11 is 0. The fourth-order valence-corrected chi connectivity index (χ4v) is 2.25. The Morgan fingerprint density at radius 1 is 1.24 bits per heavy atom. The van der Waals surface area contributed by atoms with Gasteiger partial charge in [-0.3, -0.25) is 9.89 Å². The predicted octanol–water partition coefficient (Wildman–Crippen LogP) is 1.41. The van der Waals surface area contributed by atoms with Crippen molar-refractivity contribution in [3.63, 3.8) is 0 Å². The number of aromatic amines is 1. The van der Waals surface area contributed by atoms with Gasteiger partial charge in [-0.15, -0.1) is 12.4 Å². The van der Waals surface area contributed by atoms with Crippen molar-refractivity contribution in [2.75, 3.05) is 32.5 Å². The largest absolute Gasteiger partial charge is 0.382 e. The average Bonchev–Trinajstić information content (AvgIpc) is 3.10. The number of anilines is 1. The first-order chi connectivity index (χ1) is 11.6. The fraction of sp³-hybridized carbons (Fsp3) is 0.250. The molecule has 0 spiro atoms. The Balaban J connectivity index is 0.00000225. The molecule has 0 amide bonds. The zero-order valence-corrected chi connectivity index (χ0v) is 14.8. The quantitative estimate of drug-likeness (QED) is 0.689. The third-order valence-corrected chi connectivity index (χ3v) is 3.45. The van der Waals surface area contributed by atoms with Gasteiger partial charge in [0.15, 0.2) is 11.5 Å². The van der Waals surface area contributed by atoms with Gasteiger partial charge < -0.3 is 10.2 Å². The van der Waals surface area contributed by atoms with Crippen LogP contribution in [0, 0.1) is 0 Å². The molecule has 0 aliphatic rings. The second-order valence-electron chi connectivity index (χ2n) is 5.56. The van der Waals surface area contributed by atoms with E-state index in [2.05, 4.69) is 30.5 Å². The number of hydrogen-bond donors (Lipinski definition) is 2. The normalized spacial score (nSPS) is 10.5. The van der Waals surface area contributed by atoms with Gasteiger partial charge in [0, 0.05) is 19.2 Å². The topological polar surface area (TPSA) is 91.7 Å². The van der Waals surface area contributed by atoms with Crippen LogP contribution in [-0.4, -0.2) is 57.0 Å². The van der Waals surface area contributed by atoms with E-state index in [9.17, 15) is 4.79 Å². The smallest absolute Gasteiger partial charge is 0.273 e. The SMILES string of the molecule is CN(C)CCNc1cc(=O)n(-c2ccccc2)nc1-c1ncn[nH]1.Cl. The number of halogens is 1. The molecule has 0 saturated heterocycles. The maximum absolute atomic E-state index is 12.5. The van der Waals surface area contributed by atoms with Crippen molar-refractivity contribution in [1.29, 1.82) is 0 Å². The molecule has 25 heavy (non-hydrogen) atoms. The summed E-state index contributed by atoms with van der Waals surface area (Å²) in [6.45, 7) is 1.52. The van der Waals surface area contributed by atoms with Crippen LogP contribution in [0.4, 0.5) is 5.69 Å². The molecular weight excluding hydrogens is 342 g/mol. The lowest BCUT2D eigenvalue weighted by Gasteiger charge is -2.14. The third kappa shape index (κ3) is 4.43. The Bertz CT molecular complexity index is 847. The van der Waals surface area contributed by atoms with Crippen molar-refractivity contribution in [2.24, 2.45) is 0 Å². The van der Waals surface area contributed by atoms with E-state index in [1.54, 1.807) is 0 Å². The Morgan fingerprint density at radius 3 is 2.64 bits per heavy atom. The van der Waals surface area contributed by atoms with Gasteiger partial charge in [0.1, 0.15) is 6.33 Å². The van der Waals surface area contributed by atoms with Gasteiger partial charge in [-0.25, -0.2) is 4.98 Å². The number of likely N-dealkylation sites (N-methyl/N-ethyl adjacent to an activating group) is 1. The minimum absolute atomic E-state index is 0. The van der Waals surface area contributed by atoms with Crippen LogP contribution in [0.2, 0.25) is 0 Å². The monoisotopic (exact) mass is 361 g/mol. The van der Waals surface area contributed by atoms with Crippen LogP contribution in [0.25, 0.3) is 17.2 Å². The first-order valence-corrected chi connectivity index (χ1v) is 7.59. The second-order valence-corrected chi connectivity index (χ2v) is 5.56. The molecule has 8 nitrogen and oxygen atoms in total. The Hall–Kier alpha value is -2.71. The number of aromatic nitrogens is 5. The van der Waals surface area contributed by atoms with Crippen LogP contribution in [0.3, 0.4) is 0 Å². The molecule has 3 rings (SSSR count). The van der Waals surface area contributed by atoms with E-state index in [0.717, 1.165) is 6.54 Å². The van der Waals surface area contributed by atoms with E-state index in [0.29, 0.717) is 29.4 Å². The lowest BCUT2D eigenvalue weighted by atomic mass is 10.3. The minimum atomic E-state index is -0.211. The maximum Gasteiger partial charge on any atom is 0.273 e. The number of H-pyrrole nitrogens is 1. The summed E-state index contributed by atoms with van der Waals surface area (Å²) in [4.78, 5) is 18.7. The summed E-state index contributed by atoms with van der Waals surface area (Å²) < 4.78 is 1.36. The summed E-state index contributed by atoms with van der Waals surface area (Å²) in [6, 6.07) is 10.8. The van der Waals surface area contributed by atoms with Gasteiger partial charge in [-0.1, -0.05) is 18.2 Å². The molecule has 0 radical (unpaired) electrons. The van der Waals surface area contributed by atoms with Crippen LogP contribution in [0.1, 0.15) is 0 Å². The van der Waals surface area contributed by atoms with Gasteiger partial charge >= 0.3 is 0 Å². The summed E-state index contributed by atoms with van der Waals surface area (Å²) in [7, 11) is 3.98. The number of hydrogen-bond acceptors (Lipinski definition) is 6. The van der Waals surface area contributed by atoms with Gasteiger partial charge in [0.2, 0.25) is 0 Å². The highest BCUT2D eigenvalue weighted by Gasteiger charge is 2.14. The van der Waals surface area contributed by atoms with Gasteiger partial charge in [0.05, 0.1) is 11.4 Å². The summed E-state index contributed by atoms with van der Waals surface area (Å²) in [5.41, 5.74) is 1.67. The number of para-hydroxylation sites is 1. The minimum Gasteiger partial charge on any atom is -0.382 e. The van der Waals surface area contributed by atoms with Crippen molar-refractivity contribution in [1.82, 2.24) is 29.9 Å². The lowest BCUT2D eigenvalue weighted by molar-refractivity contribution is 0.425. The molecule has 0 aliphatic heterocycles. The van der Waals surface area contributed by atoms with Crippen molar-refractivity contribution in [2.45, 2.75) is 0 Å². The van der Waals surface area contributed by atoms with E-state index in [1.165, 1.54) is 17.1 Å². The predicted molar refractivity (Wildman–Crippen MR) is 99.5 cm³/mol. The number of nitrogens with zero attached hydrogens (tertiary/aromatic N) is 5. The zero-order chi connectivity index (χ0) is 16.9. The molecule has 0 unspecified atom stereocenters. The molecule has 2 N–H and O–H groups in total. The summed E-state index contributed by atoms with van der Waals surface area (Å²) in [6.07, 6.45) is 1.42. The lowest BCUT2D eigenvalue weighted by Crippen LogP contribution is -2.25. The zero-order valence-electron chi connectivity index (χ0n) is 14.0. The third-order valence-electron chi connectivity index (χ3n) is 3.45. The molecule has 2 aromatic heterocycles. The van der Waals surface area contributed by atoms with Gasteiger partial charge in [0.25, 0.3) is 5.56 Å². The van der Waals surface area contributed by atoms with Crippen LogP contribution in [0.15, 0.2) is 47.5 Å². The van der Waals surface area contributed by atoms with Gasteiger partial charge in [-0.05, 0) is 26.2 Å². The number of rotatable bonds is 6. The van der Waals surface area contributed by atoms with Crippen LogP contribution >= 0.6 is 12.4 Å². The Kier molecular flexibility index (Phi) is 6.26. The summed E-state index contributed by atoms with van der Waals surface area (Å²) in [5.74, 6) is 0.507. The van der Waals surface area contributed by atoms with E-state index < -0.39 is 0 Å². The highest BCUT2D eigenvalue weighted by Crippen LogP contribution is 2.20. The van der Waals surface area contributed by atoms with Crippen molar-refractivity contribution >= 4 is 18.1 Å². The van der Waals surface area contributed by atoms with Crippen LogP contribution in [-0.2, 0) is 0 Å². The first-order valence-electron chi connectivity index (χ1n) is 7.59. The van der Waals surface area contributed by atoms with Crippen LogP contribution < -0.4 is 10.9 Å². The molecule has 0 bridgehead atoms. The molecular formula is C16H20ClN7O. The van der Waals surface area contributed by atoms with Crippen molar-refractivity contribution < 1.29 is 0 Å². The molecule has 1 aromatic carbocycles. The highest BCUT2D eigenvalue weighted by atomic mass is 35.5. The Morgan fingerprint density at radius 2 is 2.00 bits per heavy atom. The van der Waals surface area contributed by atoms with Crippen molar-refractivity contribution in [3.8, 4) is 17.2 Å². The molecule has 0 saturated carbocycles.